The van der Waals surface area contributed by atoms with Crippen LogP contribution in [-0.2, 0) is 11.3 Å². The van der Waals surface area contributed by atoms with Gasteiger partial charge in [-0.3, -0.25) is 4.79 Å². The molecule has 2 aliphatic rings. The summed E-state index contributed by atoms with van der Waals surface area (Å²) >= 11 is 0. The number of aromatic nitrogens is 1. The Morgan fingerprint density at radius 3 is 2.82 bits per heavy atom. The van der Waals surface area contributed by atoms with Crippen molar-refractivity contribution in [3.8, 4) is 22.8 Å². The van der Waals surface area contributed by atoms with Gasteiger partial charge in [0.15, 0.2) is 17.3 Å². The summed E-state index contributed by atoms with van der Waals surface area (Å²) in [5.74, 6) is 2.40. The highest BCUT2D eigenvalue weighted by Crippen LogP contribution is 2.34. The molecule has 0 radical (unpaired) electrons. The van der Waals surface area contributed by atoms with Gasteiger partial charge in [0.1, 0.15) is 18.9 Å². The molecule has 1 aliphatic heterocycles. The van der Waals surface area contributed by atoms with Gasteiger partial charge in [-0.15, -0.1) is 0 Å². The molecule has 0 unspecified atom stereocenters. The number of hydrogen-bond donors (Lipinski definition) is 1. The van der Waals surface area contributed by atoms with Crippen molar-refractivity contribution < 1.29 is 18.8 Å². The highest BCUT2D eigenvalue weighted by Gasteiger charge is 2.29. The van der Waals surface area contributed by atoms with Gasteiger partial charge in [-0.2, -0.15) is 0 Å². The molecule has 0 atom stereocenters. The highest BCUT2D eigenvalue weighted by atomic mass is 16.6. The quantitative estimate of drug-likeness (QED) is 0.936. The summed E-state index contributed by atoms with van der Waals surface area (Å²) in [7, 11) is 0. The minimum absolute atomic E-state index is 0.101. The van der Waals surface area contributed by atoms with Crippen LogP contribution in [0.2, 0.25) is 0 Å². The number of benzene rings is 1. The molecule has 2 aromatic rings. The molecule has 1 N–H and O–H groups in total. The molecule has 2 heterocycles. The lowest BCUT2D eigenvalue weighted by Gasteiger charge is -2.18. The minimum Gasteiger partial charge on any atom is -0.486 e. The van der Waals surface area contributed by atoms with E-state index in [2.05, 4.69) is 10.5 Å². The predicted molar refractivity (Wildman–Crippen MR) is 77.5 cm³/mol. The normalized spacial score (nSPS) is 16.4. The fourth-order valence-electron chi connectivity index (χ4n) is 2.40. The lowest BCUT2D eigenvalue weighted by atomic mass is 10.1. The Morgan fingerprint density at radius 2 is 2.00 bits per heavy atom. The largest absolute Gasteiger partial charge is 0.486 e. The number of rotatable bonds is 4. The number of carbonyl (C=O) groups is 1. The third kappa shape index (κ3) is 2.64. The molecule has 1 aliphatic carbocycles. The Morgan fingerprint density at radius 1 is 1.18 bits per heavy atom. The predicted octanol–water partition coefficient (Wildman–Crippen LogP) is 2.14. The van der Waals surface area contributed by atoms with Gasteiger partial charge in [-0.25, -0.2) is 0 Å². The number of carbonyl (C=O) groups excluding carboxylic acids is 1. The van der Waals surface area contributed by atoms with Gasteiger partial charge in [0.05, 0.1) is 6.54 Å². The van der Waals surface area contributed by atoms with Crippen LogP contribution in [0, 0.1) is 5.92 Å². The topological polar surface area (TPSA) is 73.6 Å². The third-order valence-corrected chi connectivity index (χ3v) is 3.78. The second-order valence-corrected chi connectivity index (χ2v) is 5.53. The summed E-state index contributed by atoms with van der Waals surface area (Å²) in [6.45, 7) is 1.51. The van der Waals surface area contributed by atoms with E-state index >= 15 is 0 Å². The Kier molecular flexibility index (Phi) is 3.21. The third-order valence-electron chi connectivity index (χ3n) is 3.78. The van der Waals surface area contributed by atoms with Crippen LogP contribution < -0.4 is 14.8 Å². The summed E-state index contributed by atoms with van der Waals surface area (Å²) in [6.07, 6.45) is 1.99. The van der Waals surface area contributed by atoms with E-state index < -0.39 is 0 Å². The number of nitrogens with one attached hydrogen (secondary N) is 1. The maximum atomic E-state index is 11.6. The van der Waals surface area contributed by atoms with Gasteiger partial charge in [-0.05, 0) is 31.0 Å². The van der Waals surface area contributed by atoms with E-state index in [0.717, 1.165) is 24.2 Å². The maximum absolute atomic E-state index is 11.6. The molecule has 114 valence electrons. The fourth-order valence-corrected chi connectivity index (χ4v) is 2.40. The van der Waals surface area contributed by atoms with E-state index in [1.54, 1.807) is 0 Å². The molecule has 0 bridgehead atoms. The van der Waals surface area contributed by atoms with Crippen LogP contribution in [0.1, 0.15) is 18.5 Å². The van der Waals surface area contributed by atoms with Crippen molar-refractivity contribution in [1.82, 2.24) is 10.5 Å². The lowest BCUT2D eigenvalue weighted by Crippen LogP contribution is -2.24. The minimum atomic E-state index is 0.101. The van der Waals surface area contributed by atoms with Crippen molar-refractivity contribution in [2.24, 2.45) is 5.92 Å². The highest BCUT2D eigenvalue weighted by molar-refractivity contribution is 5.80. The molecule has 0 saturated heterocycles. The van der Waals surface area contributed by atoms with Gasteiger partial charge in [0, 0.05) is 17.5 Å². The van der Waals surface area contributed by atoms with E-state index in [0.29, 0.717) is 37.0 Å². The molecule has 1 amide bonds. The van der Waals surface area contributed by atoms with Crippen LogP contribution in [0.4, 0.5) is 0 Å². The van der Waals surface area contributed by atoms with Gasteiger partial charge in [-0.1, -0.05) is 5.16 Å². The second-order valence-electron chi connectivity index (χ2n) is 5.53. The number of amides is 1. The Hall–Kier alpha value is -2.50. The number of ether oxygens (including phenoxy) is 2. The fraction of sp³-hybridized carbons (Fsp3) is 0.375. The van der Waals surface area contributed by atoms with Crippen molar-refractivity contribution in [1.29, 1.82) is 0 Å². The molecule has 1 saturated carbocycles. The summed E-state index contributed by atoms with van der Waals surface area (Å²) in [4.78, 5) is 11.6. The van der Waals surface area contributed by atoms with Crippen LogP contribution in [0.15, 0.2) is 28.8 Å². The van der Waals surface area contributed by atoms with Crippen LogP contribution >= 0.6 is 0 Å². The lowest BCUT2D eigenvalue weighted by molar-refractivity contribution is -0.122. The van der Waals surface area contributed by atoms with Crippen LogP contribution in [0.25, 0.3) is 11.3 Å². The Bertz CT molecular complexity index is 706. The van der Waals surface area contributed by atoms with Crippen LogP contribution in [0.5, 0.6) is 11.5 Å². The van der Waals surface area contributed by atoms with Crippen molar-refractivity contribution in [2.75, 3.05) is 13.2 Å². The van der Waals surface area contributed by atoms with Crippen molar-refractivity contribution >= 4 is 5.91 Å². The van der Waals surface area contributed by atoms with Crippen LogP contribution in [0.3, 0.4) is 0 Å². The molecule has 6 heteroatoms. The average molecular weight is 300 g/mol. The number of hydrogen-bond acceptors (Lipinski definition) is 5. The van der Waals surface area contributed by atoms with Gasteiger partial charge in [0.2, 0.25) is 5.91 Å². The maximum Gasteiger partial charge on any atom is 0.223 e. The Balaban J connectivity index is 1.47. The summed E-state index contributed by atoms with van der Waals surface area (Å²) in [5.41, 5.74) is 1.58. The first-order valence-corrected chi connectivity index (χ1v) is 7.43. The Labute approximate surface area is 127 Å². The average Bonchev–Trinajstić information content (AvgIpc) is 3.31. The van der Waals surface area contributed by atoms with Gasteiger partial charge >= 0.3 is 0 Å². The summed E-state index contributed by atoms with van der Waals surface area (Å²) in [6, 6.07) is 7.47. The zero-order chi connectivity index (χ0) is 14.9. The summed E-state index contributed by atoms with van der Waals surface area (Å²) < 4.78 is 16.4. The molecule has 0 spiro atoms. The molecule has 1 fully saturated rings. The molecular formula is C16H16N2O4. The van der Waals surface area contributed by atoms with E-state index in [-0.39, 0.29) is 11.8 Å². The number of fused-ring (bicyclic) bond motifs is 1. The van der Waals surface area contributed by atoms with E-state index in [1.807, 2.05) is 24.3 Å². The van der Waals surface area contributed by atoms with Crippen LogP contribution in [-0.4, -0.2) is 24.3 Å². The molecular weight excluding hydrogens is 284 g/mol. The SMILES string of the molecule is O=C(NCc1cc(-c2ccc3c(c2)OCCO3)on1)C1CC1. The smallest absolute Gasteiger partial charge is 0.223 e. The van der Waals surface area contributed by atoms with Gasteiger partial charge in [0.25, 0.3) is 0 Å². The first kappa shape index (κ1) is 13.2. The van der Waals surface area contributed by atoms with E-state index in [9.17, 15) is 4.79 Å². The molecule has 1 aromatic carbocycles. The monoisotopic (exact) mass is 300 g/mol. The first-order valence-electron chi connectivity index (χ1n) is 7.43. The van der Waals surface area contributed by atoms with Crippen molar-refractivity contribution in [3.63, 3.8) is 0 Å². The zero-order valence-electron chi connectivity index (χ0n) is 12.0. The molecule has 22 heavy (non-hydrogen) atoms. The molecule has 6 nitrogen and oxygen atoms in total. The summed E-state index contributed by atoms with van der Waals surface area (Å²) in [5, 5.41) is 6.86. The second kappa shape index (κ2) is 5.36. The van der Waals surface area contributed by atoms with Gasteiger partial charge < -0.3 is 19.3 Å². The van der Waals surface area contributed by atoms with E-state index in [1.165, 1.54) is 0 Å². The zero-order valence-corrected chi connectivity index (χ0v) is 12.0. The van der Waals surface area contributed by atoms with E-state index in [4.69, 9.17) is 14.0 Å². The van der Waals surface area contributed by atoms with Crippen molar-refractivity contribution in [2.45, 2.75) is 19.4 Å². The van der Waals surface area contributed by atoms with Crippen molar-refractivity contribution in [3.05, 3.63) is 30.0 Å². The first-order chi connectivity index (χ1) is 10.8. The molecule has 4 rings (SSSR count). The standard InChI is InChI=1S/C16H16N2O4/c19-16(10-1-2-10)17-9-12-8-14(22-18-12)11-3-4-13-15(7-11)21-6-5-20-13/h3-4,7-8,10H,1-2,5-6,9H2,(H,17,19). The molecule has 1 aromatic heterocycles. The number of nitrogens with zero attached hydrogens (tertiary/aromatic N) is 1.